The molecule has 0 aliphatic carbocycles. The van der Waals surface area contributed by atoms with Gasteiger partial charge >= 0.3 is 5.76 Å². The fraction of sp³-hybridized carbons (Fsp3) is 0.700. The molecule has 1 aromatic carbocycles. The molecular formula is C20H30F3N3O2S. The number of sulfonamides is 1. The number of hydrogen-bond donors (Lipinski definition) is 1. The summed E-state index contributed by atoms with van der Waals surface area (Å²) in [4.78, 5) is 2.43. The molecule has 9 heteroatoms. The molecule has 0 unspecified atom stereocenters. The lowest BCUT2D eigenvalue weighted by Crippen LogP contribution is -2.46. The van der Waals surface area contributed by atoms with Crippen LogP contribution in [0.1, 0.15) is 31.2 Å². The van der Waals surface area contributed by atoms with Gasteiger partial charge in [0.15, 0.2) is 0 Å². The number of likely N-dealkylation sites (tertiary alicyclic amines) is 1. The first-order valence-corrected chi connectivity index (χ1v) is 11.8. The Morgan fingerprint density at radius 2 is 1.62 bits per heavy atom. The average molecular weight is 434 g/mol. The van der Waals surface area contributed by atoms with Crippen LogP contribution in [0.4, 0.5) is 13.2 Å². The Hall–Kier alpha value is -1.16. The summed E-state index contributed by atoms with van der Waals surface area (Å²) in [5, 5.41) is 3.58. The molecule has 0 saturated carbocycles. The van der Waals surface area contributed by atoms with Crippen molar-refractivity contribution in [3.8, 4) is 0 Å². The van der Waals surface area contributed by atoms with Gasteiger partial charge in [-0.05, 0) is 75.4 Å². The highest BCUT2D eigenvalue weighted by molar-refractivity contribution is 7.89. The SMILES string of the molecule is O=S(=O)(C(F)F)N1CCC(CNC2CCN(CCc3ccc(F)cc3)CC2)CC1. The van der Waals surface area contributed by atoms with Gasteiger partial charge in [-0.25, -0.2) is 12.8 Å². The maximum Gasteiger partial charge on any atom is 0.350 e. The molecule has 0 amide bonds. The Morgan fingerprint density at radius 3 is 2.21 bits per heavy atom. The third kappa shape index (κ3) is 6.41. The van der Waals surface area contributed by atoms with Gasteiger partial charge in [-0.2, -0.15) is 13.1 Å². The van der Waals surface area contributed by atoms with E-state index in [4.69, 9.17) is 0 Å². The molecule has 3 rings (SSSR count). The molecule has 2 fully saturated rings. The van der Waals surface area contributed by atoms with Crippen molar-refractivity contribution in [2.24, 2.45) is 5.92 Å². The summed E-state index contributed by atoms with van der Waals surface area (Å²) in [6.07, 6.45) is 4.27. The summed E-state index contributed by atoms with van der Waals surface area (Å²) in [6.45, 7) is 4.17. The lowest BCUT2D eigenvalue weighted by molar-refractivity contribution is 0.184. The maximum absolute atomic E-state index is 13.0. The van der Waals surface area contributed by atoms with Crippen molar-refractivity contribution in [3.63, 3.8) is 0 Å². The molecule has 0 radical (unpaired) electrons. The van der Waals surface area contributed by atoms with E-state index in [1.54, 1.807) is 0 Å². The second kappa shape index (κ2) is 10.2. The van der Waals surface area contributed by atoms with Gasteiger partial charge in [0.2, 0.25) is 0 Å². The Kier molecular flexibility index (Phi) is 7.95. The molecule has 0 aromatic heterocycles. The predicted octanol–water partition coefficient (Wildman–Crippen LogP) is 2.69. The smallest absolute Gasteiger partial charge is 0.314 e. The van der Waals surface area contributed by atoms with Crippen LogP contribution in [-0.4, -0.2) is 68.7 Å². The molecule has 0 bridgehead atoms. The fourth-order valence-corrected chi connectivity index (χ4v) is 5.06. The summed E-state index contributed by atoms with van der Waals surface area (Å²) < 4.78 is 62.2. The first kappa shape index (κ1) is 22.5. The van der Waals surface area contributed by atoms with Crippen LogP contribution in [0.25, 0.3) is 0 Å². The minimum absolute atomic E-state index is 0.181. The quantitative estimate of drug-likeness (QED) is 0.685. The van der Waals surface area contributed by atoms with Crippen LogP contribution >= 0.6 is 0 Å². The number of hydrogen-bond acceptors (Lipinski definition) is 4. The van der Waals surface area contributed by atoms with E-state index in [0.29, 0.717) is 24.8 Å². The number of alkyl halides is 2. The molecule has 0 atom stereocenters. The lowest BCUT2D eigenvalue weighted by atomic mass is 9.96. The van der Waals surface area contributed by atoms with Crippen LogP contribution in [0.2, 0.25) is 0 Å². The van der Waals surface area contributed by atoms with Crippen molar-refractivity contribution < 1.29 is 21.6 Å². The molecular weight excluding hydrogens is 403 g/mol. The molecule has 0 spiro atoms. The molecule has 1 aromatic rings. The molecule has 1 N–H and O–H groups in total. The van der Waals surface area contributed by atoms with Gasteiger partial charge in [-0.15, -0.1) is 0 Å². The van der Waals surface area contributed by atoms with Crippen LogP contribution in [0, 0.1) is 11.7 Å². The van der Waals surface area contributed by atoms with Gasteiger partial charge in [0.1, 0.15) is 5.82 Å². The van der Waals surface area contributed by atoms with E-state index < -0.39 is 15.8 Å². The van der Waals surface area contributed by atoms with Crippen molar-refractivity contribution in [2.45, 2.75) is 43.9 Å². The molecule has 2 aliphatic rings. The predicted molar refractivity (Wildman–Crippen MR) is 107 cm³/mol. The first-order chi connectivity index (χ1) is 13.8. The molecule has 5 nitrogen and oxygen atoms in total. The van der Waals surface area contributed by atoms with E-state index in [2.05, 4.69) is 10.2 Å². The zero-order chi connectivity index (χ0) is 20.9. The van der Waals surface area contributed by atoms with Gasteiger partial charge in [-0.3, -0.25) is 0 Å². The fourth-order valence-electron chi connectivity index (χ4n) is 4.11. The zero-order valence-corrected chi connectivity index (χ0v) is 17.4. The van der Waals surface area contributed by atoms with Crippen molar-refractivity contribution in [3.05, 3.63) is 35.6 Å². The first-order valence-electron chi connectivity index (χ1n) is 10.3. The summed E-state index contributed by atoms with van der Waals surface area (Å²) >= 11 is 0. The number of rotatable bonds is 8. The van der Waals surface area contributed by atoms with E-state index in [9.17, 15) is 21.6 Å². The van der Waals surface area contributed by atoms with Crippen LogP contribution in [0.15, 0.2) is 24.3 Å². The van der Waals surface area contributed by atoms with Gasteiger partial charge < -0.3 is 10.2 Å². The Labute approximate surface area is 171 Å². The Bertz CT molecular complexity index is 730. The van der Waals surface area contributed by atoms with Crippen molar-refractivity contribution in [1.29, 1.82) is 0 Å². The number of nitrogens with zero attached hydrogens (tertiary/aromatic N) is 2. The maximum atomic E-state index is 13.0. The van der Waals surface area contributed by atoms with E-state index >= 15 is 0 Å². The molecule has 2 saturated heterocycles. The zero-order valence-electron chi connectivity index (χ0n) is 16.6. The monoisotopic (exact) mass is 433 g/mol. The highest BCUT2D eigenvalue weighted by Gasteiger charge is 2.34. The Morgan fingerprint density at radius 1 is 1.00 bits per heavy atom. The second-order valence-electron chi connectivity index (χ2n) is 8.05. The number of piperidine rings is 2. The van der Waals surface area contributed by atoms with Crippen LogP contribution in [-0.2, 0) is 16.4 Å². The van der Waals surface area contributed by atoms with E-state index in [0.717, 1.165) is 55.3 Å². The number of halogens is 3. The van der Waals surface area contributed by atoms with E-state index in [1.165, 1.54) is 12.1 Å². The van der Waals surface area contributed by atoms with Gasteiger partial charge in [0.05, 0.1) is 0 Å². The summed E-state index contributed by atoms with van der Waals surface area (Å²) in [6, 6.07) is 7.11. The molecule has 164 valence electrons. The molecule has 29 heavy (non-hydrogen) atoms. The largest absolute Gasteiger partial charge is 0.350 e. The van der Waals surface area contributed by atoms with Crippen LogP contribution in [0.3, 0.4) is 0 Å². The highest BCUT2D eigenvalue weighted by atomic mass is 32.2. The third-order valence-corrected chi connectivity index (χ3v) is 7.61. The van der Waals surface area contributed by atoms with Gasteiger partial charge in [-0.1, -0.05) is 12.1 Å². The van der Waals surface area contributed by atoms with Crippen molar-refractivity contribution in [1.82, 2.24) is 14.5 Å². The van der Waals surface area contributed by atoms with Crippen molar-refractivity contribution >= 4 is 10.0 Å². The minimum Gasteiger partial charge on any atom is -0.314 e. The summed E-state index contributed by atoms with van der Waals surface area (Å²) in [5.41, 5.74) is 1.15. The third-order valence-electron chi connectivity index (χ3n) is 6.07. The van der Waals surface area contributed by atoms with Gasteiger partial charge in [0.25, 0.3) is 10.0 Å². The molecule has 2 heterocycles. The number of benzene rings is 1. The normalized spacial score (nSPS) is 21.1. The minimum atomic E-state index is -4.44. The standard InChI is InChI=1S/C20H30F3N3O2S/c21-18-3-1-16(2-4-18)5-10-25-11-8-19(9-12-25)24-15-17-6-13-26(14-7-17)29(27,28)20(22)23/h1-4,17,19-20,24H,5-15H2. The average Bonchev–Trinajstić information content (AvgIpc) is 2.73. The van der Waals surface area contributed by atoms with E-state index in [-0.39, 0.29) is 18.9 Å². The number of nitrogens with one attached hydrogen (secondary N) is 1. The Balaban J connectivity index is 1.31. The second-order valence-corrected chi connectivity index (χ2v) is 9.95. The van der Waals surface area contributed by atoms with Gasteiger partial charge in [0, 0.05) is 25.7 Å². The highest BCUT2D eigenvalue weighted by Crippen LogP contribution is 2.22. The van der Waals surface area contributed by atoms with Crippen molar-refractivity contribution in [2.75, 3.05) is 39.3 Å². The lowest BCUT2D eigenvalue weighted by Gasteiger charge is -2.35. The van der Waals surface area contributed by atoms with Crippen LogP contribution < -0.4 is 5.32 Å². The molecule has 2 aliphatic heterocycles. The topological polar surface area (TPSA) is 52.7 Å². The van der Waals surface area contributed by atoms with E-state index in [1.807, 2.05) is 12.1 Å². The van der Waals surface area contributed by atoms with Crippen LogP contribution in [0.5, 0.6) is 0 Å². The summed E-state index contributed by atoms with van der Waals surface area (Å²) in [7, 11) is -4.44. The summed E-state index contributed by atoms with van der Waals surface area (Å²) in [5.74, 6) is -3.21.